The molecule has 0 radical (unpaired) electrons. The van der Waals surface area contributed by atoms with Gasteiger partial charge in [0.25, 0.3) is 0 Å². The van der Waals surface area contributed by atoms with Crippen LogP contribution in [0.25, 0.3) is 0 Å². The molecule has 82 valence electrons. The van der Waals surface area contributed by atoms with Crippen LogP contribution in [0.15, 0.2) is 35.3 Å². The molecule has 0 aliphatic heterocycles. The van der Waals surface area contributed by atoms with Gasteiger partial charge < -0.3 is 0 Å². The number of halogens is 3. The highest BCUT2D eigenvalue weighted by Crippen LogP contribution is 2.22. The number of benzene rings is 1. The summed E-state index contributed by atoms with van der Waals surface area (Å²) in [4.78, 5) is 3.61. The van der Waals surface area contributed by atoms with Crippen molar-refractivity contribution >= 4 is 5.71 Å². The number of aliphatic imine (C=N–C) groups is 1. The van der Waals surface area contributed by atoms with E-state index in [9.17, 15) is 13.2 Å². The monoisotopic (exact) mass is 215 g/mol. The van der Waals surface area contributed by atoms with Gasteiger partial charge in [0, 0.05) is 5.71 Å². The van der Waals surface area contributed by atoms with Crippen LogP contribution in [0.5, 0.6) is 0 Å². The average Bonchev–Trinajstić information content (AvgIpc) is 2.17. The molecule has 0 aliphatic carbocycles. The van der Waals surface area contributed by atoms with Gasteiger partial charge in [-0.25, -0.2) is 0 Å². The molecule has 1 aromatic rings. The number of hydrogen-bond acceptors (Lipinski definition) is 1. The lowest BCUT2D eigenvalue weighted by Gasteiger charge is -2.12. The summed E-state index contributed by atoms with van der Waals surface area (Å²) in [6, 6.07) is 7.17. The summed E-state index contributed by atoms with van der Waals surface area (Å²) in [5.74, 6) is 0. The molecule has 0 bridgehead atoms. The van der Waals surface area contributed by atoms with E-state index in [1.807, 2.05) is 6.07 Å². The van der Waals surface area contributed by atoms with Crippen LogP contribution in [0.3, 0.4) is 0 Å². The summed E-state index contributed by atoms with van der Waals surface area (Å²) in [5, 5.41) is 0. The summed E-state index contributed by atoms with van der Waals surface area (Å²) < 4.78 is 36.7. The van der Waals surface area contributed by atoms with E-state index in [1.54, 1.807) is 31.2 Å². The van der Waals surface area contributed by atoms with Gasteiger partial charge in [-0.15, -0.1) is 0 Å². The Morgan fingerprint density at radius 3 is 2.20 bits per heavy atom. The molecule has 0 saturated carbocycles. The van der Waals surface area contributed by atoms with E-state index in [-0.39, 0.29) is 0 Å². The molecular formula is C11H12F3N. The van der Waals surface area contributed by atoms with Gasteiger partial charge in [-0.2, -0.15) is 13.2 Å². The minimum Gasteiger partial charge on any atom is -0.277 e. The molecule has 0 heterocycles. The first-order valence-electron chi connectivity index (χ1n) is 4.58. The van der Waals surface area contributed by atoms with Crippen molar-refractivity contribution in [3.05, 3.63) is 35.9 Å². The molecule has 0 aromatic heterocycles. The minimum absolute atomic E-state index is 0.403. The molecule has 15 heavy (non-hydrogen) atoms. The van der Waals surface area contributed by atoms with E-state index in [0.717, 1.165) is 6.92 Å². The lowest BCUT2D eigenvalue weighted by Crippen LogP contribution is -2.24. The van der Waals surface area contributed by atoms with Crippen molar-refractivity contribution in [2.75, 3.05) is 0 Å². The first kappa shape index (κ1) is 11.8. The molecule has 0 amide bonds. The maximum absolute atomic E-state index is 12.2. The van der Waals surface area contributed by atoms with Crippen LogP contribution in [0.4, 0.5) is 13.2 Å². The van der Waals surface area contributed by atoms with Gasteiger partial charge in [0.1, 0.15) is 6.04 Å². The Morgan fingerprint density at radius 2 is 1.73 bits per heavy atom. The Morgan fingerprint density at radius 1 is 1.20 bits per heavy atom. The molecule has 0 fully saturated rings. The van der Waals surface area contributed by atoms with Gasteiger partial charge in [-0.3, -0.25) is 4.99 Å². The molecule has 1 rings (SSSR count). The zero-order valence-corrected chi connectivity index (χ0v) is 8.55. The van der Waals surface area contributed by atoms with Crippen LogP contribution < -0.4 is 0 Å². The molecule has 0 N–H and O–H groups in total. The van der Waals surface area contributed by atoms with Gasteiger partial charge in [0.05, 0.1) is 0 Å². The molecular weight excluding hydrogens is 203 g/mol. The summed E-state index contributed by atoms with van der Waals surface area (Å²) in [6.45, 7) is 2.63. The Hall–Kier alpha value is -1.32. The number of rotatable bonds is 2. The maximum Gasteiger partial charge on any atom is 0.410 e. The number of nitrogens with zero attached hydrogens (tertiary/aromatic N) is 1. The lowest BCUT2D eigenvalue weighted by atomic mass is 10.1. The first-order chi connectivity index (χ1) is 6.91. The Balaban J connectivity index is 2.86. The lowest BCUT2D eigenvalue weighted by molar-refractivity contribution is -0.142. The van der Waals surface area contributed by atoms with Gasteiger partial charge in [-0.1, -0.05) is 30.3 Å². The SMILES string of the molecule is C/C(=N/[C@H](C)C(F)(F)F)c1ccccc1. The predicted molar refractivity (Wildman–Crippen MR) is 54.2 cm³/mol. The molecule has 0 saturated heterocycles. The van der Waals surface area contributed by atoms with Crippen molar-refractivity contribution < 1.29 is 13.2 Å². The molecule has 1 aromatic carbocycles. The highest BCUT2D eigenvalue weighted by atomic mass is 19.4. The highest BCUT2D eigenvalue weighted by molar-refractivity contribution is 5.98. The topological polar surface area (TPSA) is 12.4 Å². The van der Waals surface area contributed by atoms with Crippen molar-refractivity contribution in [3.8, 4) is 0 Å². The average molecular weight is 215 g/mol. The highest BCUT2D eigenvalue weighted by Gasteiger charge is 2.35. The van der Waals surface area contributed by atoms with Crippen molar-refractivity contribution in [1.82, 2.24) is 0 Å². The fourth-order valence-electron chi connectivity index (χ4n) is 1.12. The largest absolute Gasteiger partial charge is 0.410 e. The third-order valence-corrected chi connectivity index (χ3v) is 2.05. The van der Waals surface area contributed by atoms with E-state index in [0.29, 0.717) is 11.3 Å². The van der Waals surface area contributed by atoms with Gasteiger partial charge >= 0.3 is 6.18 Å². The number of hydrogen-bond donors (Lipinski definition) is 0. The minimum atomic E-state index is -4.27. The fourth-order valence-corrected chi connectivity index (χ4v) is 1.12. The van der Waals surface area contributed by atoms with Gasteiger partial charge in [0.15, 0.2) is 0 Å². The summed E-state index contributed by atoms with van der Waals surface area (Å²) in [5.41, 5.74) is 1.12. The van der Waals surface area contributed by atoms with E-state index in [4.69, 9.17) is 0 Å². The summed E-state index contributed by atoms with van der Waals surface area (Å²) in [7, 11) is 0. The Labute approximate surface area is 86.6 Å². The summed E-state index contributed by atoms with van der Waals surface area (Å²) >= 11 is 0. The van der Waals surface area contributed by atoms with Crippen molar-refractivity contribution in [3.63, 3.8) is 0 Å². The van der Waals surface area contributed by atoms with Crippen molar-refractivity contribution in [1.29, 1.82) is 0 Å². The van der Waals surface area contributed by atoms with Crippen LogP contribution in [-0.2, 0) is 0 Å². The maximum atomic E-state index is 12.2. The van der Waals surface area contributed by atoms with Crippen LogP contribution in [-0.4, -0.2) is 17.9 Å². The second-order valence-electron chi connectivity index (χ2n) is 3.30. The standard InChI is InChI=1S/C11H12F3N/c1-8(10-6-4-3-5-7-10)15-9(2)11(12,13)14/h3-7,9H,1-2H3/b15-8-/t9-/m1/s1. The second kappa shape index (κ2) is 4.47. The normalized spacial score (nSPS) is 15.1. The number of alkyl halides is 3. The van der Waals surface area contributed by atoms with Crippen LogP contribution in [0.1, 0.15) is 19.4 Å². The van der Waals surface area contributed by atoms with E-state index >= 15 is 0 Å². The zero-order valence-electron chi connectivity index (χ0n) is 8.55. The quantitative estimate of drug-likeness (QED) is 0.670. The molecule has 0 spiro atoms. The summed E-state index contributed by atoms with van der Waals surface area (Å²) in [6.07, 6.45) is -4.27. The van der Waals surface area contributed by atoms with Crippen molar-refractivity contribution in [2.24, 2.45) is 4.99 Å². The third-order valence-electron chi connectivity index (χ3n) is 2.05. The Kier molecular flexibility index (Phi) is 3.50. The van der Waals surface area contributed by atoms with Gasteiger partial charge in [0.2, 0.25) is 0 Å². The van der Waals surface area contributed by atoms with Crippen LogP contribution in [0.2, 0.25) is 0 Å². The second-order valence-corrected chi connectivity index (χ2v) is 3.30. The fraction of sp³-hybridized carbons (Fsp3) is 0.364. The van der Waals surface area contributed by atoms with E-state index < -0.39 is 12.2 Å². The zero-order chi connectivity index (χ0) is 11.5. The van der Waals surface area contributed by atoms with E-state index in [1.165, 1.54) is 0 Å². The van der Waals surface area contributed by atoms with Crippen LogP contribution >= 0.6 is 0 Å². The first-order valence-corrected chi connectivity index (χ1v) is 4.58. The van der Waals surface area contributed by atoms with E-state index in [2.05, 4.69) is 4.99 Å². The molecule has 1 atom stereocenters. The molecule has 0 aliphatic rings. The predicted octanol–water partition coefficient (Wildman–Crippen LogP) is 3.45. The molecule has 1 nitrogen and oxygen atoms in total. The smallest absolute Gasteiger partial charge is 0.277 e. The van der Waals surface area contributed by atoms with Crippen molar-refractivity contribution in [2.45, 2.75) is 26.1 Å². The van der Waals surface area contributed by atoms with Gasteiger partial charge in [-0.05, 0) is 19.4 Å². The third kappa shape index (κ3) is 3.38. The Bertz CT molecular complexity index is 341. The van der Waals surface area contributed by atoms with Crippen LogP contribution in [0, 0.1) is 0 Å². The molecule has 4 heteroatoms. The molecule has 0 unspecified atom stereocenters.